The van der Waals surface area contributed by atoms with Gasteiger partial charge in [-0.1, -0.05) is 23.2 Å². The second kappa shape index (κ2) is 10.1. The number of nitrogen functional groups attached to an aromatic ring is 1. The summed E-state index contributed by atoms with van der Waals surface area (Å²) in [6.07, 6.45) is 4.66. The van der Waals surface area contributed by atoms with Gasteiger partial charge < -0.3 is 25.8 Å². The van der Waals surface area contributed by atoms with Crippen molar-refractivity contribution in [2.45, 2.75) is 0 Å². The van der Waals surface area contributed by atoms with Crippen LogP contribution >= 0.6 is 23.2 Å². The van der Waals surface area contributed by atoms with E-state index in [9.17, 15) is 4.79 Å². The molecule has 0 aliphatic carbocycles. The molecule has 0 spiro atoms. The molecule has 9 heteroatoms. The summed E-state index contributed by atoms with van der Waals surface area (Å²) < 4.78 is 10.6. The minimum atomic E-state index is -0.383. The van der Waals surface area contributed by atoms with Crippen molar-refractivity contribution in [1.29, 1.82) is 0 Å². The van der Waals surface area contributed by atoms with Crippen molar-refractivity contribution >= 4 is 58.1 Å². The van der Waals surface area contributed by atoms with Crippen molar-refractivity contribution in [3.8, 4) is 11.5 Å². The Morgan fingerprint density at radius 2 is 1.81 bits per heavy atom. The van der Waals surface area contributed by atoms with Crippen molar-refractivity contribution in [1.82, 2.24) is 4.98 Å². The fourth-order valence-corrected chi connectivity index (χ4v) is 3.05. The number of nitrogens with two attached hydrogens (primary N) is 1. The van der Waals surface area contributed by atoms with Gasteiger partial charge in [0.1, 0.15) is 5.82 Å². The molecule has 4 N–H and O–H groups in total. The van der Waals surface area contributed by atoms with E-state index in [4.69, 9.17) is 38.4 Å². The number of amides is 1. The largest absolute Gasteiger partial charge is 0.493 e. The molecule has 160 valence electrons. The first kappa shape index (κ1) is 22.3. The average molecular weight is 459 g/mol. The number of halogens is 2. The number of carbonyl (C=O) groups excluding carboxylic acids is 1. The van der Waals surface area contributed by atoms with Crippen LogP contribution in [0.1, 0.15) is 5.56 Å². The summed E-state index contributed by atoms with van der Waals surface area (Å²) in [4.78, 5) is 16.7. The van der Waals surface area contributed by atoms with Crippen molar-refractivity contribution in [3.05, 3.63) is 70.3 Å². The fraction of sp³-hybridized carbons (Fsp3) is 0.0909. The van der Waals surface area contributed by atoms with E-state index in [-0.39, 0.29) is 5.91 Å². The molecule has 1 heterocycles. The smallest absolute Gasteiger partial charge is 0.248 e. The first-order chi connectivity index (χ1) is 14.9. The van der Waals surface area contributed by atoms with Gasteiger partial charge in [-0.15, -0.1) is 0 Å². The van der Waals surface area contributed by atoms with Crippen LogP contribution in [0.5, 0.6) is 11.5 Å². The van der Waals surface area contributed by atoms with Crippen molar-refractivity contribution in [2.24, 2.45) is 0 Å². The molecule has 0 aliphatic rings. The van der Waals surface area contributed by atoms with Crippen molar-refractivity contribution in [3.63, 3.8) is 0 Å². The Labute approximate surface area is 189 Å². The van der Waals surface area contributed by atoms with Crippen LogP contribution < -0.4 is 25.8 Å². The summed E-state index contributed by atoms with van der Waals surface area (Å²) >= 11 is 11.9. The SMILES string of the molecule is COc1ccc(Nc2ncccc2/C=C/C(=O)Nc2cc(Cl)c(Cl)cc2N)cc1OC. The summed E-state index contributed by atoms with van der Waals surface area (Å²) in [7, 11) is 3.14. The van der Waals surface area contributed by atoms with Gasteiger partial charge >= 0.3 is 0 Å². The molecular weight excluding hydrogens is 439 g/mol. The van der Waals surface area contributed by atoms with Crippen LogP contribution in [0.25, 0.3) is 6.08 Å². The van der Waals surface area contributed by atoms with Crippen LogP contribution in [0.3, 0.4) is 0 Å². The maximum Gasteiger partial charge on any atom is 0.248 e. The van der Waals surface area contributed by atoms with Crippen molar-refractivity contribution < 1.29 is 14.3 Å². The van der Waals surface area contributed by atoms with E-state index < -0.39 is 0 Å². The molecule has 0 bridgehead atoms. The monoisotopic (exact) mass is 458 g/mol. The van der Waals surface area contributed by atoms with Gasteiger partial charge in [-0.2, -0.15) is 0 Å². The summed E-state index contributed by atoms with van der Waals surface area (Å²) in [5, 5.41) is 6.50. The van der Waals surface area contributed by atoms with E-state index in [0.717, 1.165) is 5.69 Å². The number of hydrogen-bond donors (Lipinski definition) is 3. The zero-order chi connectivity index (χ0) is 22.4. The Morgan fingerprint density at radius 3 is 2.55 bits per heavy atom. The lowest BCUT2D eigenvalue weighted by Crippen LogP contribution is -2.09. The Hall–Kier alpha value is -3.42. The maximum absolute atomic E-state index is 12.4. The molecule has 3 rings (SSSR count). The highest BCUT2D eigenvalue weighted by Crippen LogP contribution is 2.32. The number of nitrogens with one attached hydrogen (secondary N) is 2. The van der Waals surface area contributed by atoms with Gasteiger partial charge in [-0.05, 0) is 42.5 Å². The van der Waals surface area contributed by atoms with E-state index in [1.54, 1.807) is 44.7 Å². The predicted molar refractivity (Wildman–Crippen MR) is 126 cm³/mol. The first-order valence-electron chi connectivity index (χ1n) is 9.09. The van der Waals surface area contributed by atoms with E-state index in [2.05, 4.69) is 15.6 Å². The second-order valence-electron chi connectivity index (χ2n) is 6.31. The van der Waals surface area contributed by atoms with Gasteiger partial charge in [0.05, 0.1) is 35.6 Å². The van der Waals surface area contributed by atoms with Crippen LogP contribution in [0, 0.1) is 0 Å². The zero-order valence-corrected chi connectivity index (χ0v) is 18.3. The molecule has 0 aliphatic heterocycles. The molecule has 7 nitrogen and oxygen atoms in total. The van der Waals surface area contributed by atoms with Crippen LogP contribution in [-0.2, 0) is 4.79 Å². The average Bonchev–Trinajstić information content (AvgIpc) is 2.76. The lowest BCUT2D eigenvalue weighted by molar-refractivity contribution is -0.111. The van der Waals surface area contributed by atoms with Gasteiger partial charge in [0.2, 0.25) is 5.91 Å². The number of carbonyl (C=O) groups is 1. The molecule has 0 unspecified atom stereocenters. The molecule has 3 aromatic rings. The molecule has 0 fully saturated rings. The van der Waals surface area contributed by atoms with Crippen molar-refractivity contribution in [2.75, 3.05) is 30.6 Å². The van der Waals surface area contributed by atoms with Crippen LogP contribution in [0.15, 0.2) is 54.7 Å². The van der Waals surface area contributed by atoms with Crippen LogP contribution in [0.2, 0.25) is 10.0 Å². The minimum absolute atomic E-state index is 0.295. The second-order valence-corrected chi connectivity index (χ2v) is 7.13. The molecule has 31 heavy (non-hydrogen) atoms. The minimum Gasteiger partial charge on any atom is -0.493 e. The molecule has 0 saturated carbocycles. The van der Waals surface area contributed by atoms with Gasteiger partial charge in [0.15, 0.2) is 11.5 Å². The summed E-state index contributed by atoms with van der Waals surface area (Å²) in [5.74, 6) is 1.38. The Morgan fingerprint density at radius 1 is 1.06 bits per heavy atom. The molecule has 1 amide bonds. The van der Waals surface area contributed by atoms with E-state index >= 15 is 0 Å². The Bertz CT molecular complexity index is 1140. The lowest BCUT2D eigenvalue weighted by Gasteiger charge is -2.12. The van der Waals surface area contributed by atoms with Gasteiger partial charge in [-0.3, -0.25) is 4.79 Å². The van der Waals surface area contributed by atoms with E-state index in [1.807, 2.05) is 12.1 Å². The summed E-state index contributed by atoms with van der Waals surface area (Å²) in [6, 6.07) is 12.0. The number of methoxy groups -OCH3 is 2. The van der Waals surface area contributed by atoms with Gasteiger partial charge in [-0.25, -0.2) is 4.98 Å². The highest BCUT2D eigenvalue weighted by Gasteiger charge is 2.09. The summed E-state index contributed by atoms with van der Waals surface area (Å²) in [6.45, 7) is 0. The standard InChI is InChI=1S/C22H20Cl2N4O3/c1-30-19-7-6-14(10-20(19)31-2)27-22-13(4-3-9-26-22)5-8-21(29)28-18-12-16(24)15(23)11-17(18)25/h3-12H,25H2,1-2H3,(H,26,27)(H,28,29)/b8-5+. The lowest BCUT2D eigenvalue weighted by atomic mass is 10.2. The topological polar surface area (TPSA) is 98.5 Å². The number of ether oxygens (including phenoxy) is 2. The highest BCUT2D eigenvalue weighted by molar-refractivity contribution is 6.42. The number of benzene rings is 2. The maximum atomic E-state index is 12.4. The Balaban J connectivity index is 1.77. The molecule has 2 aromatic carbocycles. The molecule has 0 radical (unpaired) electrons. The van der Waals surface area contributed by atoms with E-state index in [1.165, 1.54) is 18.2 Å². The summed E-state index contributed by atoms with van der Waals surface area (Å²) in [5.41, 5.74) is 8.02. The third-order valence-electron chi connectivity index (χ3n) is 4.25. The normalized spacial score (nSPS) is 10.7. The Kier molecular flexibility index (Phi) is 7.23. The van der Waals surface area contributed by atoms with Gasteiger partial charge in [0.25, 0.3) is 0 Å². The predicted octanol–water partition coefficient (Wildman–Crippen LogP) is 5.38. The number of hydrogen-bond acceptors (Lipinski definition) is 6. The number of anilines is 4. The number of pyridine rings is 1. The molecular formula is C22H20Cl2N4O3. The van der Waals surface area contributed by atoms with Gasteiger partial charge in [0, 0.05) is 29.6 Å². The van der Waals surface area contributed by atoms with Crippen LogP contribution in [-0.4, -0.2) is 25.1 Å². The molecule has 1 aromatic heterocycles. The molecule has 0 saturated heterocycles. The molecule has 0 atom stereocenters. The third-order valence-corrected chi connectivity index (χ3v) is 4.97. The van der Waals surface area contributed by atoms with E-state index in [0.29, 0.717) is 44.3 Å². The number of aromatic nitrogens is 1. The fourth-order valence-electron chi connectivity index (χ4n) is 2.72. The first-order valence-corrected chi connectivity index (χ1v) is 9.84. The quantitative estimate of drug-likeness (QED) is 0.324. The highest BCUT2D eigenvalue weighted by atomic mass is 35.5. The van der Waals surface area contributed by atoms with Crippen LogP contribution in [0.4, 0.5) is 22.9 Å². The third kappa shape index (κ3) is 5.59. The number of rotatable bonds is 7. The zero-order valence-electron chi connectivity index (χ0n) is 16.8. The number of nitrogens with zero attached hydrogens (tertiary/aromatic N) is 1.